The average molecular weight is 400 g/mol. The standard InChI is InChI=1S/C20H20N2O5S/c1-13(28-17-11-9-16(10-12-17)22(25)26)20(24)27-18(14-5-3-2-4-6-14)19(23)21-15-7-8-15/h2-6,9-13,15,18H,7-8H2,1H3,(H,21,23)/t13-,18-/m1/s1. The average Bonchev–Trinajstić information content (AvgIpc) is 3.50. The van der Waals surface area contributed by atoms with E-state index in [1.807, 2.05) is 6.07 Å². The van der Waals surface area contributed by atoms with Gasteiger partial charge in [0.1, 0.15) is 5.25 Å². The van der Waals surface area contributed by atoms with Crippen molar-refractivity contribution in [2.24, 2.45) is 0 Å². The van der Waals surface area contributed by atoms with Crippen LogP contribution in [0.25, 0.3) is 0 Å². The van der Waals surface area contributed by atoms with E-state index in [2.05, 4.69) is 5.32 Å². The van der Waals surface area contributed by atoms with Gasteiger partial charge < -0.3 is 10.1 Å². The lowest BCUT2D eigenvalue weighted by Crippen LogP contribution is -2.34. The van der Waals surface area contributed by atoms with Crippen molar-refractivity contribution in [2.45, 2.75) is 42.1 Å². The molecule has 3 rings (SSSR count). The summed E-state index contributed by atoms with van der Waals surface area (Å²) in [5.74, 6) is -0.849. The van der Waals surface area contributed by atoms with Crippen molar-refractivity contribution in [3.05, 3.63) is 70.3 Å². The van der Waals surface area contributed by atoms with Crippen molar-refractivity contribution in [3.63, 3.8) is 0 Å². The molecule has 1 fully saturated rings. The highest BCUT2D eigenvalue weighted by Crippen LogP contribution is 2.28. The molecule has 1 aliphatic rings. The summed E-state index contributed by atoms with van der Waals surface area (Å²) in [5.41, 5.74) is 0.599. The van der Waals surface area contributed by atoms with E-state index < -0.39 is 22.2 Å². The number of nitrogens with one attached hydrogen (secondary N) is 1. The molecule has 2 atom stereocenters. The monoisotopic (exact) mass is 400 g/mol. The molecule has 1 aliphatic carbocycles. The molecule has 0 aliphatic heterocycles. The topological polar surface area (TPSA) is 98.5 Å². The summed E-state index contributed by atoms with van der Waals surface area (Å²) >= 11 is 1.22. The number of thioether (sulfide) groups is 1. The van der Waals surface area contributed by atoms with E-state index in [1.54, 1.807) is 43.3 Å². The van der Waals surface area contributed by atoms with Crippen LogP contribution in [0.1, 0.15) is 31.4 Å². The number of hydrogen-bond donors (Lipinski definition) is 1. The van der Waals surface area contributed by atoms with Gasteiger partial charge in [-0.3, -0.25) is 19.7 Å². The van der Waals surface area contributed by atoms with E-state index in [1.165, 1.54) is 23.9 Å². The summed E-state index contributed by atoms with van der Waals surface area (Å²) in [6, 6.07) is 15.0. The number of ether oxygens (including phenoxy) is 1. The maximum absolute atomic E-state index is 12.6. The Balaban J connectivity index is 1.66. The minimum Gasteiger partial charge on any atom is -0.446 e. The molecule has 1 amide bonds. The molecule has 0 radical (unpaired) electrons. The number of carbonyl (C=O) groups excluding carboxylic acids is 2. The number of non-ortho nitro benzene ring substituents is 1. The summed E-state index contributed by atoms with van der Waals surface area (Å²) < 4.78 is 5.54. The zero-order chi connectivity index (χ0) is 20.1. The number of nitrogens with zero attached hydrogens (tertiary/aromatic N) is 1. The van der Waals surface area contributed by atoms with E-state index in [0.29, 0.717) is 10.5 Å². The lowest BCUT2D eigenvalue weighted by molar-refractivity contribution is -0.384. The quantitative estimate of drug-likeness (QED) is 0.314. The molecule has 0 aromatic heterocycles. The fraction of sp³-hybridized carbons (Fsp3) is 0.300. The van der Waals surface area contributed by atoms with Gasteiger partial charge in [0.05, 0.1) is 4.92 Å². The first-order valence-corrected chi connectivity index (χ1v) is 9.79. The Morgan fingerprint density at radius 3 is 2.36 bits per heavy atom. The van der Waals surface area contributed by atoms with E-state index in [0.717, 1.165) is 12.8 Å². The highest BCUT2D eigenvalue weighted by Gasteiger charge is 2.32. The molecule has 0 spiro atoms. The van der Waals surface area contributed by atoms with Gasteiger partial charge in [0.15, 0.2) is 0 Å². The Kier molecular flexibility index (Phi) is 6.30. The molecule has 146 valence electrons. The number of amides is 1. The fourth-order valence-corrected chi connectivity index (χ4v) is 3.37. The number of esters is 1. The normalized spacial score (nSPS) is 15.3. The number of rotatable bonds is 8. The van der Waals surface area contributed by atoms with E-state index in [4.69, 9.17) is 4.74 Å². The lowest BCUT2D eigenvalue weighted by Gasteiger charge is -2.20. The number of nitro groups is 1. The zero-order valence-corrected chi connectivity index (χ0v) is 16.1. The summed E-state index contributed by atoms with van der Waals surface area (Å²) in [6.45, 7) is 1.68. The molecule has 0 bridgehead atoms. The zero-order valence-electron chi connectivity index (χ0n) is 15.2. The predicted octanol–water partition coefficient (Wildman–Crippen LogP) is 3.64. The van der Waals surface area contributed by atoms with Crippen molar-refractivity contribution >= 4 is 29.3 Å². The summed E-state index contributed by atoms with van der Waals surface area (Å²) in [5, 5.41) is 13.0. The maximum Gasteiger partial charge on any atom is 0.320 e. The van der Waals surface area contributed by atoms with Crippen molar-refractivity contribution in [1.29, 1.82) is 0 Å². The van der Waals surface area contributed by atoms with Gasteiger partial charge >= 0.3 is 5.97 Å². The molecule has 0 heterocycles. The van der Waals surface area contributed by atoms with Crippen LogP contribution in [-0.4, -0.2) is 28.1 Å². The van der Waals surface area contributed by atoms with Crippen molar-refractivity contribution < 1.29 is 19.2 Å². The van der Waals surface area contributed by atoms with Crippen LogP contribution in [0.2, 0.25) is 0 Å². The Bertz CT molecular complexity index is 853. The first kappa shape index (κ1) is 19.9. The summed E-state index contributed by atoms with van der Waals surface area (Å²) in [7, 11) is 0. The number of benzene rings is 2. The third-order valence-electron chi connectivity index (χ3n) is 4.19. The van der Waals surface area contributed by atoms with Crippen LogP contribution in [-0.2, 0) is 14.3 Å². The SMILES string of the molecule is C[C@@H](Sc1ccc([N+](=O)[O-])cc1)C(=O)O[C@@H](C(=O)NC1CC1)c1ccccc1. The molecule has 1 N–H and O–H groups in total. The molecule has 2 aromatic rings. The first-order chi connectivity index (χ1) is 13.4. The van der Waals surface area contributed by atoms with Gasteiger partial charge in [0.2, 0.25) is 6.10 Å². The van der Waals surface area contributed by atoms with Crippen LogP contribution in [0.4, 0.5) is 5.69 Å². The predicted molar refractivity (Wildman–Crippen MR) is 105 cm³/mol. The summed E-state index contributed by atoms with van der Waals surface area (Å²) in [6.07, 6.45) is 0.871. The third-order valence-corrected chi connectivity index (χ3v) is 5.28. The van der Waals surface area contributed by atoms with E-state index in [9.17, 15) is 19.7 Å². The second kappa shape index (κ2) is 8.88. The Labute approximate surface area is 166 Å². The second-order valence-electron chi connectivity index (χ2n) is 6.52. The van der Waals surface area contributed by atoms with Crippen LogP contribution in [0, 0.1) is 10.1 Å². The van der Waals surface area contributed by atoms with Crippen molar-refractivity contribution in [2.75, 3.05) is 0 Å². The number of carbonyl (C=O) groups is 2. The van der Waals surface area contributed by atoms with Gasteiger partial charge in [0, 0.05) is 28.6 Å². The van der Waals surface area contributed by atoms with Gasteiger partial charge in [0.25, 0.3) is 11.6 Å². The minimum absolute atomic E-state index is 0.0135. The smallest absolute Gasteiger partial charge is 0.320 e. The van der Waals surface area contributed by atoms with Crippen LogP contribution >= 0.6 is 11.8 Å². The third kappa shape index (κ3) is 5.32. The molecule has 28 heavy (non-hydrogen) atoms. The largest absolute Gasteiger partial charge is 0.446 e. The van der Waals surface area contributed by atoms with Gasteiger partial charge in [-0.15, -0.1) is 11.8 Å². The van der Waals surface area contributed by atoms with Crippen molar-refractivity contribution in [3.8, 4) is 0 Å². The van der Waals surface area contributed by atoms with Crippen molar-refractivity contribution in [1.82, 2.24) is 5.32 Å². The fourth-order valence-electron chi connectivity index (χ4n) is 2.52. The Hall–Kier alpha value is -2.87. The molecule has 7 nitrogen and oxygen atoms in total. The van der Waals surface area contributed by atoms with Gasteiger partial charge in [-0.1, -0.05) is 30.3 Å². The van der Waals surface area contributed by atoms with Gasteiger partial charge in [-0.05, 0) is 31.9 Å². The number of nitro benzene ring substituents is 1. The first-order valence-electron chi connectivity index (χ1n) is 8.91. The Morgan fingerprint density at radius 1 is 1.14 bits per heavy atom. The van der Waals surface area contributed by atoms with Crippen LogP contribution < -0.4 is 5.32 Å². The molecule has 2 aromatic carbocycles. The van der Waals surface area contributed by atoms with Gasteiger partial charge in [-0.25, -0.2) is 0 Å². The van der Waals surface area contributed by atoms with Gasteiger partial charge in [-0.2, -0.15) is 0 Å². The minimum atomic E-state index is -1.01. The maximum atomic E-state index is 12.6. The molecular formula is C20H20N2O5S. The number of hydrogen-bond acceptors (Lipinski definition) is 6. The molecular weight excluding hydrogens is 380 g/mol. The Morgan fingerprint density at radius 2 is 1.79 bits per heavy atom. The van der Waals surface area contributed by atoms with Crippen LogP contribution in [0.15, 0.2) is 59.5 Å². The molecule has 0 unspecified atom stereocenters. The van der Waals surface area contributed by atoms with Crippen LogP contribution in [0.5, 0.6) is 0 Å². The van der Waals surface area contributed by atoms with Crippen LogP contribution in [0.3, 0.4) is 0 Å². The summed E-state index contributed by atoms with van der Waals surface area (Å²) in [4.78, 5) is 36.1. The lowest BCUT2D eigenvalue weighted by atomic mass is 10.1. The molecule has 0 saturated heterocycles. The molecule has 8 heteroatoms. The second-order valence-corrected chi connectivity index (χ2v) is 7.94. The molecule has 1 saturated carbocycles. The highest BCUT2D eigenvalue weighted by atomic mass is 32.2. The van der Waals surface area contributed by atoms with E-state index in [-0.39, 0.29) is 17.6 Å². The highest BCUT2D eigenvalue weighted by molar-refractivity contribution is 8.00. The van der Waals surface area contributed by atoms with E-state index >= 15 is 0 Å².